The number of methoxy groups -OCH3 is 2. The van der Waals surface area contributed by atoms with Crippen molar-refractivity contribution in [3.8, 4) is 0 Å². The van der Waals surface area contributed by atoms with E-state index in [0.29, 0.717) is 11.3 Å². The van der Waals surface area contributed by atoms with Crippen LogP contribution in [0.2, 0.25) is 0 Å². The predicted octanol–water partition coefficient (Wildman–Crippen LogP) is 2.20. The second-order valence-corrected chi connectivity index (χ2v) is 6.30. The van der Waals surface area contributed by atoms with Gasteiger partial charge in [-0.1, -0.05) is 26.0 Å². The van der Waals surface area contributed by atoms with E-state index in [1.54, 1.807) is 24.9 Å². The third-order valence-corrected chi connectivity index (χ3v) is 4.23. The number of nitrogens with zero attached hydrogens (tertiary/aromatic N) is 2. The first-order valence-electron chi connectivity index (χ1n) is 7.89. The Morgan fingerprint density at radius 2 is 1.96 bits per heavy atom. The minimum atomic E-state index is -0.549. The Bertz CT molecular complexity index is 752. The minimum absolute atomic E-state index is 0.00473. The molecule has 2 aromatic rings. The van der Waals surface area contributed by atoms with E-state index >= 15 is 0 Å². The first kappa shape index (κ1) is 16.1. The molecule has 0 radical (unpaired) electrons. The zero-order valence-electron chi connectivity index (χ0n) is 13.9. The molecule has 1 N–H and O–H groups in total. The maximum absolute atomic E-state index is 13.0. The molecule has 2 heterocycles. The topological polar surface area (TPSA) is 65.4 Å². The summed E-state index contributed by atoms with van der Waals surface area (Å²) in [6, 6.07) is 7.44. The molecular formula is C17H23N3O3. The summed E-state index contributed by atoms with van der Waals surface area (Å²) in [5.41, 5.74) is 0.666. The summed E-state index contributed by atoms with van der Waals surface area (Å²) < 4.78 is 12.5. The summed E-state index contributed by atoms with van der Waals surface area (Å²) in [5.74, 6) is 1.23. The molecule has 0 saturated carbocycles. The van der Waals surface area contributed by atoms with E-state index in [2.05, 4.69) is 19.2 Å². The van der Waals surface area contributed by atoms with Crippen molar-refractivity contribution in [3.63, 3.8) is 0 Å². The number of ether oxygens (including phenoxy) is 2. The van der Waals surface area contributed by atoms with Gasteiger partial charge >= 0.3 is 0 Å². The van der Waals surface area contributed by atoms with Gasteiger partial charge in [-0.05, 0) is 24.5 Å². The van der Waals surface area contributed by atoms with Crippen LogP contribution in [0.4, 0.5) is 0 Å². The standard InChI is InChI=1S/C17H23N3O3/c1-10(2)9-13-14-18-12-8-6-5-7-11(12)16(21)20(14)15(19-13)17(22-3)23-4/h5-8,10,13,15,17,19H,9H2,1-4H3/t13-,15?/m1/s1. The van der Waals surface area contributed by atoms with Crippen LogP contribution in [-0.4, -0.2) is 30.1 Å². The molecule has 1 aromatic heterocycles. The maximum atomic E-state index is 13.0. The number of hydrogen-bond acceptors (Lipinski definition) is 5. The van der Waals surface area contributed by atoms with Crippen LogP contribution in [0.5, 0.6) is 0 Å². The molecule has 0 fully saturated rings. The zero-order valence-corrected chi connectivity index (χ0v) is 13.9. The molecule has 1 aromatic carbocycles. The van der Waals surface area contributed by atoms with Crippen molar-refractivity contribution in [2.24, 2.45) is 5.92 Å². The Morgan fingerprint density at radius 1 is 1.26 bits per heavy atom. The Labute approximate surface area is 135 Å². The Balaban J connectivity index is 2.19. The summed E-state index contributed by atoms with van der Waals surface area (Å²) in [6.45, 7) is 4.31. The van der Waals surface area contributed by atoms with Crippen molar-refractivity contribution in [1.29, 1.82) is 0 Å². The predicted molar refractivity (Wildman–Crippen MR) is 88.2 cm³/mol. The lowest BCUT2D eigenvalue weighted by Crippen LogP contribution is -2.38. The zero-order chi connectivity index (χ0) is 16.6. The summed E-state index contributed by atoms with van der Waals surface area (Å²) in [5, 5.41) is 4.07. The van der Waals surface area contributed by atoms with Crippen LogP contribution in [-0.2, 0) is 9.47 Å². The molecule has 6 nitrogen and oxygen atoms in total. The van der Waals surface area contributed by atoms with Gasteiger partial charge in [0.25, 0.3) is 5.56 Å². The van der Waals surface area contributed by atoms with E-state index in [9.17, 15) is 4.79 Å². The van der Waals surface area contributed by atoms with Crippen LogP contribution in [0.25, 0.3) is 10.9 Å². The molecule has 1 aliphatic heterocycles. The molecule has 1 aliphatic rings. The van der Waals surface area contributed by atoms with E-state index < -0.39 is 6.29 Å². The van der Waals surface area contributed by atoms with Crippen LogP contribution in [0, 0.1) is 5.92 Å². The Hall–Kier alpha value is -1.76. The van der Waals surface area contributed by atoms with Crippen molar-refractivity contribution in [2.45, 2.75) is 38.8 Å². The largest absolute Gasteiger partial charge is 0.353 e. The van der Waals surface area contributed by atoms with E-state index in [4.69, 9.17) is 14.5 Å². The number of para-hydroxylation sites is 1. The average Bonchev–Trinajstić information content (AvgIpc) is 2.87. The van der Waals surface area contributed by atoms with E-state index in [0.717, 1.165) is 17.8 Å². The summed E-state index contributed by atoms with van der Waals surface area (Å²) in [7, 11) is 3.15. The van der Waals surface area contributed by atoms with Gasteiger partial charge in [0.1, 0.15) is 12.0 Å². The molecule has 0 aliphatic carbocycles. The van der Waals surface area contributed by atoms with Gasteiger partial charge < -0.3 is 9.47 Å². The van der Waals surface area contributed by atoms with E-state index in [1.165, 1.54) is 0 Å². The van der Waals surface area contributed by atoms with Gasteiger partial charge in [-0.25, -0.2) is 4.98 Å². The van der Waals surface area contributed by atoms with Crippen LogP contribution >= 0.6 is 0 Å². The number of fused-ring (bicyclic) bond motifs is 2. The third-order valence-electron chi connectivity index (χ3n) is 4.23. The normalized spacial score (nSPS) is 20.6. The highest BCUT2D eigenvalue weighted by Gasteiger charge is 2.38. The smallest absolute Gasteiger partial charge is 0.262 e. The molecule has 23 heavy (non-hydrogen) atoms. The number of nitrogens with one attached hydrogen (secondary N) is 1. The van der Waals surface area contributed by atoms with Crippen molar-refractivity contribution < 1.29 is 9.47 Å². The SMILES string of the molecule is COC(OC)C1N[C@H](CC(C)C)c2nc3ccccc3c(=O)n21. The highest BCUT2D eigenvalue weighted by molar-refractivity contribution is 5.77. The first-order chi connectivity index (χ1) is 11.1. The lowest BCUT2D eigenvalue weighted by Gasteiger charge is -2.23. The highest BCUT2D eigenvalue weighted by atomic mass is 16.7. The fourth-order valence-corrected chi connectivity index (χ4v) is 3.23. The third kappa shape index (κ3) is 2.78. The van der Waals surface area contributed by atoms with Crippen LogP contribution in [0.15, 0.2) is 29.1 Å². The second kappa shape index (κ2) is 6.39. The molecule has 0 amide bonds. The average molecular weight is 317 g/mol. The first-order valence-corrected chi connectivity index (χ1v) is 7.89. The quantitative estimate of drug-likeness (QED) is 0.857. The van der Waals surface area contributed by atoms with Crippen molar-refractivity contribution in [3.05, 3.63) is 40.4 Å². The molecule has 0 bridgehead atoms. The van der Waals surface area contributed by atoms with Gasteiger partial charge in [0.15, 0.2) is 6.29 Å². The van der Waals surface area contributed by atoms with E-state index in [1.807, 2.05) is 18.2 Å². The van der Waals surface area contributed by atoms with Gasteiger partial charge in [0.2, 0.25) is 0 Å². The molecule has 1 unspecified atom stereocenters. The minimum Gasteiger partial charge on any atom is -0.353 e. The fourth-order valence-electron chi connectivity index (χ4n) is 3.23. The lowest BCUT2D eigenvalue weighted by molar-refractivity contribution is -0.137. The molecular weight excluding hydrogens is 294 g/mol. The van der Waals surface area contributed by atoms with Gasteiger partial charge in [0.05, 0.1) is 16.9 Å². The van der Waals surface area contributed by atoms with Crippen molar-refractivity contribution >= 4 is 10.9 Å². The number of aromatic nitrogens is 2. The number of hydrogen-bond donors (Lipinski definition) is 1. The molecule has 2 atom stereocenters. The number of benzene rings is 1. The summed E-state index contributed by atoms with van der Waals surface area (Å²) in [4.78, 5) is 17.7. The second-order valence-electron chi connectivity index (χ2n) is 6.30. The lowest BCUT2D eigenvalue weighted by atomic mass is 10.0. The maximum Gasteiger partial charge on any atom is 0.262 e. The summed E-state index contributed by atoms with van der Waals surface area (Å²) >= 11 is 0. The van der Waals surface area contributed by atoms with Crippen LogP contribution in [0.1, 0.15) is 38.3 Å². The molecule has 3 rings (SSSR count). The fraction of sp³-hybridized carbons (Fsp3) is 0.529. The Kier molecular flexibility index (Phi) is 4.48. The monoisotopic (exact) mass is 317 g/mol. The van der Waals surface area contributed by atoms with E-state index in [-0.39, 0.29) is 17.8 Å². The van der Waals surface area contributed by atoms with Gasteiger partial charge in [-0.3, -0.25) is 14.7 Å². The van der Waals surface area contributed by atoms with Crippen molar-refractivity contribution in [2.75, 3.05) is 14.2 Å². The van der Waals surface area contributed by atoms with Gasteiger partial charge in [-0.2, -0.15) is 0 Å². The van der Waals surface area contributed by atoms with Crippen LogP contribution in [0.3, 0.4) is 0 Å². The molecule has 6 heteroatoms. The number of rotatable bonds is 5. The van der Waals surface area contributed by atoms with Gasteiger partial charge in [-0.15, -0.1) is 0 Å². The van der Waals surface area contributed by atoms with Gasteiger partial charge in [0, 0.05) is 14.2 Å². The highest BCUT2D eigenvalue weighted by Crippen LogP contribution is 2.31. The Morgan fingerprint density at radius 3 is 2.61 bits per heavy atom. The van der Waals surface area contributed by atoms with Crippen molar-refractivity contribution in [1.82, 2.24) is 14.9 Å². The summed E-state index contributed by atoms with van der Waals surface area (Å²) in [6.07, 6.45) is -0.0403. The molecule has 124 valence electrons. The molecule has 0 saturated heterocycles. The van der Waals surface area contributed by atoms with Crippen LogP contribution < -0.4 is 10.9 Å². The molecule has 0 spiro atoms.